The Labute approximate surface area is 125 Å². The second kappa shape index (κ2) is 6.64. The third kappa shape index (κ3) is 5.23. The lowest BCUT2D eigenvalue weighted by Gasteiger charge is -2.09. The van der Waals surface area contributed by atoms with Crippen molar-refractivity contribution in [3.63, 3.8) is 0 Å². The number of nitrogens with one attached hydrogen (secondary N) is 2. The number of carbonyl (C=O) groups is 2. The van der Waals surface area contributed by atoms with Crippen LogP contribution in [0, 0.1) is 5.92 Å². The summed E-state index contributed by atoms with van der Waals surface area (Å²) in [4.78, 5) is 22.4. The van der Waals surface area contributed by atoms with E-state index in [-0.39, 0.29) is 12.5 Å². The molecule has 2 amide bonds. The van der Waals surface area contributed by atoms with Crippen molar-refractivity contribution in [3.8, 4) is 0 Å². The van der Waals surface area contributed by atoms with Gasteiger partial charge in [-0.25, -0.2) is 0 Å². The molecule has 7 heteroatoms. The van der Waals surface area contributed by atoms with Crippen LogP contribution in [0.25, 0.3) is 0 Å². The van der Waals surface area contributed by atoms with Gasteiger partial charge in [-0.2, -0.15) is 13.2 Å². The first-order valence-electron chi connectivity index (χ1n) is 6.78. The molecule has 0 unspecified atom stereocenters. The summed E-state index contributed by atoms with van der Waals surface area (Å²) in [5, 5.41) is 4.40. The van der Waals surface area contributed by atoms with E-state index < -0.39 is 12.1 Å². The van der Waals surface area contributed by atoms with Gasteiger partial charge in [0.1, 0.15) is 0 Å². The number of amides is 2. The molecule has 0 aromatic heterocycles. The fourth-order valence-electron chi connectivity index (χ4n) is 1.74. The summed E-state index contributed by atoms with van der Waals surface area (Å²) in [6.45, 7) is -0.264. The molecule has 1 aliphatic carbocycles. The number of carbonyl (C=O) groups excluding carboxylic acids is 2. The highest BCUT2D eigenvalue weighted by Gasteiger charge is 2.38. The Morgan fingerprint density at radius 1 is 1.27 bits per heavy atom. The molecular weight excluding hydrogens is 297 g/mol. The number of hydrogen-bond acceptors (Lipinski definition) is 2. The standard InChI is InChI=1S/C15H15F3N2O2/c16-15(17,18)14(22)19-9-11-2-1-3-12(8-11)20-13(21)7-6-10-4-5-10/h1-3,6-8,10H,4-5,9H2,(H,19,22)(H,20,21)/b7-6+. The lowest BCUT2D eigenvalue weighted by atomic mass is 10.2. The lowest BCUT2D eigenvalue weighted by molar-refractivity contribution is -0.173. The smallest absolute Gasteiger partial charge is 0.344 e. The Bertz CT molecular complexity index is 593. The summed E-state index contributed by atoms with van der Waals surface area (Å²) in [6, 6.07) is 6.29. The number of allylic oxidation sites excluding steroid dienone is 1. The van der Waals surface area contributed by atoms with Crippen molar-refractivity contribution in [3.05, 3.63) is 42.0 Å². The topological polar surface area (TPSA) is 58.2 Å². The van der Waals surface area contributed by atoms with Gasteiger partial charge in [0, 0.05) is 12.2 Å². The van der Waals surface area contributed by atoms with Crippen LogP contribution < -0.4 is 10.6 Å². The maximum absolute atomic E-state index is 12.1. The van der Waals surface area contributed by atoms with Crippen molar-refractivity contribution in [1.82, 2.24) is 5.32 Å². The maximum Gasteiger partial charge on any atom is 0.471 e. The molecule has 0 bridgehead atoms. The number of alkyl halides is 3. The molecule has 118 valence electrons. The van der Waals surface area contributed by atoms with E-state index >= 15 is 0 Å². The Morgan fingerprint density at radius 3 is 2.64 bits per heavy atom. The summed E-state index contributed by atoms with van der Waals surface area (Å²) in [5.74, 6) is -1.80. The van der Waals surface area contributed by atoms with Crippen LogP contribution in [0.2, 0.25) is 0 Å². The van der Waals surface area contributed by atoms with Crippen LogP contribution in [0.5, 0.6) is 0 Å². The van der Waals surface area contributed by atoms with Gasteiger partial charge in [-0.1, -0.05) is 18.2 Å². The zero-order valence-electron chi connectivity index (χ0n) is 11.6. The first-order valence-corrected chi connectivity index (χ1v) is 6.78. The van der Waals surface area contributed by atoms with Crippen molar-refractivity contribution in [2.75, 3.05) is 5.32 Å². The third-order valence-electron chi connectivity index (χ3n) is 3.05. The molecule has 22 heavy (non-hydrogen) atoms. The maximum atomic E-state index is 12.1. The summed E-state index contributed by atoms with van der Waals surface area (Å²) >= 11 is 0. The molecule has 4 nitrogen and oxygen atoms in total. The fraction of sp³-hybridized carbons (Fsp3) is 0.333. The van der Waals surface area contributed by atoms with E-state index in [1.165, 1.54) is 12.1 Å². The summed E-state index contributed by atoms with van der Waals surface area (Å²) in [6.07, 6.45) is 0.578. The van der Waals surface area contributed by atoms with E-state index in [0.29, 0.717) is 17.2 Å². The zero-order chi connectivity index (χ0) is 16.2. The van der Waals surface area contributed by atoms with Gasteiger partial charge >= 0.3 is 12.1 Å². The normalized spacial score (nSPS) is 14.9. The Kier molecular flexibility index (Phi) is 4.85. The van der Waals surface area contributed by atoms with E-state index in [1.54, 1.807) is 23.5 Å². The number of anilines is 1. The molecule has 1 saturated carbocycles. The molecule has 1 aromatic rings. The quantitative estimate of drug-likeness (QED) is 0.821. The highest BCUT2D eigenvalue weighted by Crippen LogP contribution is 2.29. The van der Waals surface area contributed by atoms with E-state index in [1.807, 2.05) is 6.08 Å². The van der Waals surface area contributed by atoms with E-state index in [0.717, 1.165) is 12.8 Å². The number of rotatable bonds is 5. The first-order chi connectivity index (χ1) is 10.3. The molecule has 0 heterocycles. The van der Waals surface area contributed by atoms with E-state index in [4.69, 9.17) is 0 Å². The largest absolute Gasteiger partial charge is 0.471 e. The van der Waals surface area contributed by atoms with Crippen LogP contribution in [0.3, 0.4) is 0 Å². The van der Waals surface area contributed by atoms with Crippen LogP contribution in [-0.4, -0.2) is 18.0 Å². The molecule has 0 aliphatic heterocycles. The minimum Gasteiger partial charge on any atom is -0.344 e. The van der Waals surface area contributed by atoms with Crippen LogP contribution in [-0.2, 0) is 16.1 Å². The first kappa shape index (κ1) is 16.1. The molecule has 2 N–H and O–H groups in total. The predicted molar refractivity (Wildman–Crippen MR) is 74.8 cm³/mol. The van der Waals surface area contributed by atoms with Crippen molar-refractivity contribution in [2.45, 2.75) is 25.6 Å². The SMILES string of the molecule is O=C(/C=C/C1CC1)Nc1cccc(CNC(=O)C(F)(F)F)c1. The van der Waals surface area contributed by atoms with Crippen molar-refractivity contribution in [1.29, 1.82) is 0 Å². The number of benzene rings is 1. The molecule has 2 rings (SSSR count). The number of halogens is 3. The van der Waals surface area contributed by atoms with Crippen molar-refractivity contribution < 1.29 is 22.8 Å². The van der Waals surface area contributed by atoms with Gasteiger partial charge in [0.15, 0.2) is 0 Å². The summed E-state index contributed by atoms with van der Waals surface area (Å²) in [5.41, 5.74) is 0.922. The van der Waals surface area contributed by atoms with Gasteiger partial charge in [0.05, 0.1) is 0 Å². The Hall–Kier alpha value is -2.31. The summed E-state index contributed by atoms with van der Waals surface area (Å²) < 4.78 is 36.2. The zero-order valence-corrected chi connectivity index (χ0v) is 11.6. The van der Waals surface area contributed by atoms with E-state index in [2.05, 4.69) is 5.32 Å². The van der Waals surface area contributed by atoms with Gasteiger partial charge in [-0.3, -0.25) is 9.59 Å². The van der Waals surface area contributed by atoms with Crippen LogP contribution in [0.1, 0.15) is 18.4 Å². The van der Waals surface area contributed by atoms with Gasteiger partial charge < -0.3 is 10.6 Å². The van der Waals surface area contributed by atoms with Crippen molar-refractivity contribution >= 4 is 17.5 Å². The molecular formula is C15H15F3N2O2. The minimum absolute atomic E-state index is 0.264. The third-order valence-corrected chi connectivity index (χ3v) is 3.05. The molecule has 0 radical (unpaired) electrons. The molecule has 1 fully saturated rings. The Balaban J connectivity index is 1.89. The highest BCUT2D eigenvalue weighted by molar-refractivity contribution is 5.99. The second-order valence-corrected chi connectivity index (χ2v) is 5.07. The van der Waals surface area contributed by atoms with Gasteiger partial charge in [0.2, 0.25) is 5.91 Å². The predicted octanol–water partition coefficient (Wildman–Crippen LogP) is 2.77. The van der Waals surface area contributed by atoms with Crippen LogP contribution >= 0.6 is 0 Å². The monoisotopic (exact) mass is 312 g/mol. The number of hydrogen-bond donors (Lipinski definition) is 2. The van der Waals surface area contributed by atoms with Gasteiger partial charge in [-0.05, 0) is 42.5 Å². The van der Waals surface area contributed by atoms with Crippen LogP contribution in [0.4, 0.5) is 18.9 Å². The molecule has 1 aromatic carbocycles. The van der Waals surface area contributed by atoms with Gasteiger partial charge in [-0.15, -0.1) is 0 Å². The molecule has 1 aliphatic rings. The lowest BCUT2D eigenvalue weighted by Crippen LogP contribution is -2.36. The van der Waals surface area contributed by atoms with Gasteiger partial charge in [0.25, 0.3) is 0 Å². The molecule has 0 atom stereocenters. The van der Waals surface area contributed by atoms with Crippen LogP contribution in [0.15, 0.2) is 36.4 Å². The average Bonchev–Trinajstić information content (AvgIpc) is 3.26. The fourth-order valence-corrected chi connectivity index (χ4v) is 1.74. The average molecular weight is 312 g/mol. The second-order valence-electron chi connectivity index (χ2n) is 5.07. The highest BCUT2D eigenvalue weighted by atomic mass is 19.4. The molecule has 0 saturated heterocycles. The van der Waals surface area contributed by atoms with E-state index in [9.17, 15) is 22.8 Å². The molecule has 0 spiro atoms. The minimum atomic E-state index is -4.90. The van der Waals surface area contributed by atoms with Crippen molar-refractivity contribution in [2.24, 2.45) is 5.92 Å². The summed E-state index contributed by atoms with van der Waals surface area (Å²) in [7, 11) is 0. The Morgan fingerprint density at radius 2 is 2.00 bits per heavy atom.